The predicted molar refractivity (Wildman–Crippen MR) is 44.3 cm³/mol. The third-order valence-electron chi connectivity index (χ3n) is 1.28. The second-order valence-corrected chi connectivity index (χ2v) is 2.54. The van der Waals surface area contributed by atoms with E-state index in [1.807, 2.05) is 25.9 Å². The summed E-state index contributed by atoms with van der Waals surface area (Å²) in [5, 5.41) is 0. The lowest BCUT2D eigenvalue weighted by Gasteiger charge is -2.10. The second kappa shape index (κ2) is 4.91. The third kappa shape index (κ3) is 3.78. The molecule has 0 atom stereocenters. The van der Waals surface area contributed by atoms with Crippen LogP contribution in [0.2, 0.25) is 0 Å². The van der Waals surface area contributed by atoms with Gasteiger partial charge in [-0.3, -0.25) is 0 Å². The van der Waals surface area contributed by atoms with Crippen molar-refractivity contribution < 1.29 is 9.53 Å². The van der Waals surface area contributed by atoms with Crippen LogP contribution in [0.25, 0.3) is 0 Å². The van der Waals surface area contributed by atoms with Crippen LogP contribution in [0.4, 0.5) is 0 Å². The summed E-state index contributed by atoms with van der Waals surface area (Å²) < 4.78 is 4.57. The summed E-state index contributed by atoms with van der Waals surface area (Å²) in [4.78, 5) is 12.9. The van der Waals surface area contributed by atoms with Crippen molar-refractivity contribution in [1.82, 2.24) is 4.90 Å². The molecule has 0 aliphatic carbocycles. The maximum atomic E-state index is 11.0. The summed E-state index contributed by atoms with van der Waals surface area (Å²) in [5.74, 6) is -0.249. The largest absolute Gasteiger partial charge is 0.466 e. The van der Waals surface area contributed by atoms with Crippen molar-refractivity contribution in [3.05, 3.63) is 11.6 Å². The Hall–Kier alpha value is -0.830. The number of carbonyl (C=O) groups is 1. The molecule has 0 aliphatic heterocycles. The molecule has 11 heavy (non-hydrogen) atoms. The molecular formula is C8H15NO2. The number of hydrogen-bond donors (Lipinski definition) is 0. The molecule has 0 amide bonds. The number of esters is 1. The molecule has 0 unspecified atom stereocenters. The van der Waals surface area contributed by atoms with Crippen LogP contribution in [0.1, 0.15) is 6.92 Å². The maximum absolute atomic E-state index is 11.0. The third-order valence-corrected chi connectivity index (χ3v) is 1.28. The van der Waals surface area contributed by atoms with Crippen molar-refractivity contribution in [2.75, 3.05) is 27.7 Å². The zero-order chi connectivity index (χ0) is 8.85. The molecule has 0 saturated heterocycles. The Balaban J connectivity index is 4.09. The van der Waals surface area contributed by atoms with Crippen molar-refractivity contribution in [1.29, 1.82) is 0 Å². The lowest BCUT2D eigenvalue weighted by molar-refractivity contribution is -0.136. The van der Waals surface area contributed by atoms with Gasteiger partial charge in [-0.1, -0.05) is 6.08 Å². The Kier molecular flexibility index (Phi) is 4.54. The molecule has 0 spiro atoms. The monoisotopic (exact) mass is 157 g/mol. The minimum absolute atomic E-state index is 0.249. The fourth-order valence-corrected chi connectivity index (χ4v) is 0.745. The molecule has 0 aromatic rings. The van der Waals surface area contributed by atoms with Gasteiger partial charge in [0.05, 0.1) is 7.11 Å². The van der Waals surface area contributed by atoms with Crippen LogP contribution in [-0.4, -0.2) is 38.6 Å². The topological polar surface area (TPSA) is 29.5 Å². The minimum Gasteiger partial charge on any atom is -0.466 e. The molecule has 0 aromatic heterocycles. The van der Waals surface area contributed by atoms with Gasteiger partial charge in [0, 0.05) is 12.1 Å². The first-order chi connectivity index (χ1) is 5.11. The average molecular weight is 157 g/mol. The van der Waals surface area contributed by atoms with Crippen LogP contribution in [-0.2, 0) is 9.53 Å². The number of likely N-dealkylation sites (N-methyl/N-ethyl adjacent to an activating group) is 1. The van der Waals surface area contributed by atoms with Gasteiger partial charge in [0.1, 0.15) is 0 Å². The number of ether oxygens (including phenoxy) is 1. The van der Waals surface area contributed by atoms with Crippen LogP contribution in [0.3, 0.4) is 0 Å². The molecule has 0 aliphatic rings. The van der Waals surface area contributed by atoms with Gasteiger partial charge in [0.2, 0.25) is 0 Å². The van der Waals surface area contributed by atoms with E-state index in [9.17, 15) is 4.79 Å². The summed E-state index contributed by atoms with van der Waals surface area (Å²) in [6.45, 7) is 2.46. The number of carbonyl (C=O) groups excluding carboxylic acids is 1. The van der Waals surface area contributed by atoms with Crippen LogP contribution < -0.4 is 0 Å². The highest BCUT2D eigenvalue weighted by atomic mass is 16.5. The van der Waals surface area contributed by atoms with Gasteiger partial charge in [-0.15, -0.1) is 0 Å². The van der Waals surface area contributed by atoms with E-state index in [0.717, 1.165) is 0 Å². The fraction of sp³-hybridized carbons (Fsp3) is 0.625. The number of methoxy groups -OCH3 is 1. The van der Waals surface area contributed by atoms with Gasteiger partial charge < -0.3 is 9.64 Å². The van der Waals surface area contributed by atoms with E-state index in [4.69, 9.17) is 0 Å². The second-order valence-electron chi connectivity index (χ2n) is 2.54. The molecule has 0 aromatic carbocycles. The lowest BCUT2D eigenvalue weighted by Crippen LogP contribution is -2.20. The first kappa shape index (κ1) is 10.2. The van der Waals surface area contributed by atoms with E-state index in [1.54, 1.807) is 6.08 Å². The molecule has 0 radical (unpaired) electrons. The molecule has 3 heteroatoms. The van der Waals surface area contributed by atoms with E-state index in [-0.39, 0.29) is 5.97 Å². The van der Waals surface area contributed by atoms with Crippen molar-refractivity contribution in [2.24, 2.45) is 0 Å². The predicted octanol–water partition coefficient (Wildman–Crippen LogP) is 0.667. The molecule has 0 heterocycles. The van der Waals surface area contributed by atoms with Gasteiger partial charge >= 0.3 is 5.97 Å². The van der Waals surface area contributed by atoms with Crippen molar-refractivity contribution in [3.8, 4) is 0 Å². The molecule has 0 fully saturated rings. The van der Waals surface area contributed by atoms with Crippen LogP contribution in [0.5, 0.6) is 0 Å². The summed E-state index contributed by atoms with van der Waals surface area (Å²) >= 11 is 0. The number of rotatable bonds is 3. The lowest BCUT2D eigenvalue weighted by atomic mass is 10.2. The Morgan fingerprint density at radius 1 is 1.55 bits per heavy atom. The summed E-state index contributed by atoms with van der Waals surface area (Å²) in [5.41, 5.74) is 0.692. The molecule has 0 N–H and O–H groups in total. The Bertz CT molecular complexity index is 161. The van der Waals surface area contributed by atoms with E-state index in [1.165, 1.54) is 7.11 Å². The molecule has 0 rings (SSSR count). The maximum Gasteiger partial charge on any atom is 0.334 e. The highest BCUT2D eigenvalue weighted by molar-refractivity contribution is 5.88. The van der Waals surface area contributed by atoms with E-state index in [0.29, 0.717) is 12.1 Å². The van der Waals surface area contributed by atoms with Crippen molar-refractivity contribution in [3.63, 3.8) is 0 Å². The summed E-state index contributed by atoms with van der Waals surface area (Å²) in [6, 6.07) is 0. The molecule has 64 valence electrons. The van der Waals surface area contributed by atoms with Gasteiger partial charge in [-0.25, -0.2) is 4.79 Å². The zero-order valence-electron chi connectivity index (χ0n) is 7.55. The SMILES string of the molecule is C/C=C(\CN(C)C)C(=O)OC. The van der Waals surface area contributed by atoms with Crippen LogP contribution >= 0.6 is 0 Å². The highest BCUT2D eigenvalue weighted by Gasteiger charge is 2.07. The number of hydrogen-bond acceptors (Lipinski definition) is 3. The van der Waals surface area contributed by atoms with Crippen molar-refractivity contribution >= 4 is 5.97 Å². The number of nitrogens with zero attached hydrogens (tertiary/aromatic N) is 1. The highest BCUT2D eigenvalue weighted by Crippen LogP contribution is 1.97. The summed E-state index contributed by atoms with van der Waals surface area (Å²) in [6.07, 6.45) is 1.77. The van der Waals surface area contributed by atoms with E-state index >= 15 is 0 Å². The Labute approximate surface area is 67.6 Å². The standard InChI is InChI=1S/C8H15NO2/c1-5-7(6-9(2)3)8(10)11-4/h5H,6H2,1-4H3/b7-5+. The average Bonchev–Trinajstić information content (AvgIpc) is 1.98. The smallest absolute Gasteiger partial charge is 0.334 e. The van der Waals surface area contributed by atoms with Crippen molar-refractivity contribution in [2.45, 2.75) is 6.92 Å². The van der Waals surface area contributed by atoms with Crippen LogP contribution in [0, 0.1) is 0 Å². The van der Waals surface area contributed by atoms with E-state index in [2.05, 4.69) is 4.74 Å². The van der Waals surface area contributed by atoms with Gasteiger partial charge in [0.25, 0.3) is 0 Å². The molecule has 0 bridgehead atoms. The summed E-state index contributed by atoms with van der Waals surface area (Å²) in [7, 11) is 5.21. The van der Waals surface area contributed by atoms with Gasteiger partial charge in [-0.05, 0) is 21.0 Å². The Morgan fingerprint density at radius 2 is 2.09 bits per heavy atom. The number of allylic oxidation sites excluding steroid dienone is 1. The minimum atomic E-state index is -0.249. The van der Waals surface area contributed by atoms with Gasteiger partial charge in [-0.2, -0.15) is 0 Å². The zero-order valence-corrected chi connectivity index (χ0v) is 7.55. The molecule has 3 nitrogen and oxygen atoms in total. The quantitative estimate of drug-likeness (QED) is 0.445. The van der Waals surface area contributed by atoms with Crippen LogP contribution in [0.15, 0.2) is 11.6 Å². The molecule has 0 saturated carbocycles. The Morgan fingerprint density at radius 3 is 2.36 bits per heavy atom. The first-order valence-electron chi connectivity index (χ1n) is 3.50. The molecular weight excluding hydrogens is 142 g/mol. The fourth-order valence-electron chi connectivity index (χ4n) is 0.745. The van der Waals surface area contributed by atoms with Gasteiger partial charge in [0.15, 0.2) is 0 Å². The van der Waals surface area contributed by atoms with E-state index < -0.39 is 0 Å². The normalized spacial score (nSPS) is 11.9. The first-order valence-corrected chi connectivity index (χ1v) is 3.50.